The van der Waals surface area contributed by atoms with Gasteiger partial charge in [-0.1, -0.05) is 13.8 Å². The standard InChI is InChI=1S/C12H21N5/c1-9(2)6-14-11-5-12(16-8-15-11)17-10-3-4-13-7-10/h5,8-10,13H,3-4,6-7H2,1-2H3,(H2,14,15,16,17). The summed E-state index contributed by atoms with van der Waals surface area (Å²) in [7, 11) is 0. The maximum atomic E-state index is 4.24. The lowest BCUT2D eigenvalue weighted by atomic mass is 10.2. The van der Waals surface area contributed by atoms with Crippen molar-refractivity contribution < 1.29 is 0 Å². The third-order valence-electron chi connectivity index (χ3n) is 2.77. The van der Waals surface area contributed by atoms with Crippen molar-refractivity contribution >= 4 is 11.6 Å². The van der Waals surface area contributed by atoms with Crippen molar-refractivity contribution in [2.75, 3.05) is 30.3 Å². The summed E-state index contributed by atoms with van der Waals surface area (Å²) >= 11 is 0. The molecule has 1 aromatic rings. The minimum absolute atomic E-state index is 0.489. The summed E-state index contributed by atoms with van der Waals surface area (Å²) in [5.74, 6) is 2.41. The van der Waals surface area contributed by atoms with Gasteiger partial charge in [0.05, 0.1) is 0 Å². The van der Waals surface area contributed by atoms with Crippen molar-refractivity contribution in [3.63, 3.8) is 0 Å². The van der Waals surface area contributed by atoms with Crippen LogP contribution in [0.4, 0.5) is 11.6 Å². The first kappa shape index (κ1) is 12.1. The first-order chi connectivity index (χ1) is 8.24. The highest BCUT2D eigenvalue weighted by Crippen LogP contribution is 2.12. The molecule has 1 saturated heterocycles. The van der Waals surface area contributed by atoms with Crippen LogP contribution >= 0.6 is 0 Å². The SMILES string of the molecule is CC(C)CNc1cc(NC2CCNC2)ncn1. The lowest BCUT2D eigenvalue weighted by Gasteiger charge is -2.13. The Kier molecular flexibility index (Phi) is 4.14. The number of anilines is 2. The van der Waals surface area contributed by atoms with Crippen LogP contribution in [0, 0.1) is 5.92 Å². The van der Waals surface area contributed by atoms with Crippen molar-refractivity contribution in [1.29, 1.82) is 0 Å². The van der Waals surface area contributed by atoms with Crippen LogP contribution in [0.2, 0.25) is 0 Å². The molecular weight excluding hydrogens is 214 g/mol. The minimum atomic E-state index is 0.489. The van der Waals surface area contributed by atoms with Gasteiger partial charge in [-0.15, -0.1) is 0 Å². The topological polar surface area (TPSA) is 61.9 Å². The predicted molar refractivity (Wildman–Crippen MR) is 70.3 cm³/mol. The highest BCUT2D eigenvalue weighted by Gasteiger charge is 2.14. The van der Waals surface area contributed by atoms with Crippen molar-refractivity contribution in [2.24, 2.45) is 5.92 Å². The Morgan fingerprint density at radius 1 is 1.41 bits per heavy atom. The molecule has 0 aliphatic carbocycles. The molecular formula is C12H21N5. The number of nitrogens with zero attached hydrogens (tertiary/aromatic N) is 2. The number of hydrogen-bond donors (Lipinski definition) is 3. The Labute approximate surface area is 102 Å². The number of rotatable bonds is 5. The lowest BCUT2D eigenvalue weighted by molar-refractivity contribution is 0.686. The van der Waals surface area contributed by atoms with E-state index in [0.29, 0.717) is 12.0 Å². The first-order valence-corrected chi connectivity index (χ1v) is 6.27. The summed E-state index contributed by atoms with van der Waals surface area (Å²) in [5.41, 5.74) is 0. The monoisotopic (exact) mass is 235 g/mol. The van der Waals surface area contributed by atoms with E-state index in [1.165, 1.54) is 0 Å². The van der Waals surface area contributed by atoms with E-state index in [9.17, 15) is 0 Å². The van der Waals surface area contributed by atoms with Gasteiger partial charge in [-0.25, -0.2) is 9.97 Å². The molecule has 1 atom stereocenters. The molecule has 5 nitrogen and oxygen atoms in total. The average Bonchev–Trinajstić information content (AvgIpc) is 2.80. The zero-order valence-corrected chi connectivity index (χ0v) is 10.5. The van der Waals surface area contributed by atoms with Crippen LogP contribution in [0.3, 0.4) is 0 Å². The third kappa shape index (κ3) is 3.85. The molecule has 1 aromatic heterocycles. The van der Waals surface area contributed by atoms with Crippen LogP contribution in [0.15, 0.2) is 12.4 Å². The van der Waals surface area contributed by atoms with Gasteiger partial charge in [0.2, 0.25) is 0 Å². The van der Waals surface area contributed by atoms with Crippen molar-refractivity contribution in [1.82, 2.24) is 15.3 Å². The van der Waals surface area contributed by atoms with Crippen molar-refractivity contribution in [3.05, 3.63) is 12.4 Å². The molecule has 0 bridgehead atoms. The highest BCUT2D eigenvalue weighted by atomic mass is 15.1. The third-order valence-corrected chi connectivity index (χ3v) is 2.77. The van der Waals surface area contributed by atoms with E-state index in [4.69, 9.17) is 0 Å². The van der Waals surface area contributed by atoms with E-state index in [2.05, 4.69) is 39.8 Å². The summed E-state index contributed by atoms with van der Waals surface area (Å²) in [5, 5.41) is 10.0. The Hall–Kier alpha value is -1.36. The molecule has 0 radical (unpaired) electrons. The van der Waals surface area contributed by atoms with Crippen LogP contribution in [0.1, 0.15) is 20.3 Å². The molecule has 3 N–H and O–H groups in total. The van der Waals surface area contributed by atoms with E-state index >= 15 is 0 Å². The first-order valence-electron chi connectivity index (χ1n) is 6.27. The molecule has 5 heteroatoms. The molecule has 1 unspecified atom stereocenters. The summed E-state index contributed by atoms with van der Waals surface area (Å²) < 4.78 is 0. The summed E-state index contributed by atoms with van der Waals surface area (Å²) in [6.45, 7) is 7.39. The quantitative estimate of drug-likeness (QED) is 0.718. The van der Waals surface area contributed by atoms with E-state index in [0.717, 1.165) is 37.7 Å². The van der Waals surface area contributed by atoms with E-state index < -0.39 is 0 Å². The van der Waals surface area contributed by atoms with Gasteiger partial charge in [-0.3, -0.25) is 0 Å². The van der Waals surface area contributed by atoms with Gasteiger partial charge in [0.15, 0.2) is 0 Å². The predicted octanol–water partition coefficient (Wildman–Crippen LogP) is 1.32. The van der Waals surface area contributed by atoms with Crippen LogP contribution in [0.5, 0.6) is 0 Å². The fourth-order valence-corrected chi connectivity index (χ4v) is 1.83. The molecule has 1 aliphatic rings. The molecule has 94 valence electrons. The molecule has 2 heterocycles. The van der Waals surface area contributed by atoms with E-state index in [1.54, 1.807) is 6.33 Å². The van der Waals surface area contributed by atoms with Gasteiger partial charge < -0.3 is 16.0 Å². The lowest BCUT2D eigenvalue weighted by Crippen LogP contribution is -2.22. The van der Waals surface area contributed by atoms with Crippen LogP contribution in [-0.4, -0.2) is 35.6 Å². The zero-order chi connectivity index (χ0) is 12.1. The Morgan fingerprint density at radius 2 is 2.24 bits per heavy atom. The summed E-state index contributed by atoms with van der Waals surface area (Å²) in [6.07, 6.45) is 2.76. The summed E-state index contributed by atoms with van der Waals surface area (Å²) in [6, 6.07) is 2.46. The molecule has 1 aliphatic heterocycles. The molecule has 0 aromatic carbocycles. The average molecular weight is 235 g/mol. The van der Waals surface area contributed by atoms with Crippen LogP contribution in [0.25, 0.3) is 0 Å². The summed E-state index contributed by atoms with van der Waals surface area (Å²) in [4.78, 5) is 8.45. The normalized spacial score (nSPS) is 19.6. The van der Waals surface area contributed by atoms with Gasteiger partial charge in [-0.2, -0.15) is 0 Å². The molecule has 2 rings (SSSR count). The molecule has 0 spiro atoms. The number of hydrogen-bond acceptors (Lipinski definition) is 5. The van der Waals surface area contributed by atoms with Gasteiger partial charge >= 0.3 is 0 Å². The molecule has 0 amide bonds. The molecule has 17 heavy (non-hydrogen) atoms. The largest absolute Gasteiger partial charge is 0.370 e. The smallest absolute Gasteiger partial charge is 0.131 e. The van der Waals surface area contributed by atoms with Gasteiger partial charge in [0.1, 0.15) is 18.0 Å². The van der Waals surface area contributed by atoms with Gasteiger partial charge in [0.25, 0.3) is 0 Å². The maximum absolute atomic E-state index is 4.24. The van der Waals surface area contributed by atoms with Crippen LogP contribution in [-0.2, 0) is 0 Å². The van der Waals surface area contributed by atoms with Crippen molar-refractivity contribution in [2.45, 2.75) is 26.3 Å². The van der Waals surface area contributed by atoms with E-state index in [-0.39, 0.29) is 0 Å². The number of nitrogens with one attached hydrogen (secondary N) is 3. The molecule has 0 saturated carbocycles. The zero-order valence-electron chi connectivity index (χ0n) is 10.5. The molecule has 1 fully saturated rings. The maximum Gasteiger partial charge on any atom is 0.131 e. The second-order valence-electron chi connectivity index (χ2n) is 4.90. The van der Waals surface area contributed by atoms with Crippen LogP contribution < -0.4 is 16.0 Å². The van der Waals surface area contributed by atoms with Gasteiger partial charge in [-0.05, 0) is 18.9 Å². The van der Waals surface area contributed by atoms with E-state index in [1.807, 2.05) is 6.07 Å². The van der Waals surface area contributed by atoms with Gasteiger partial charge in [0, 0.05) is 25.2 Å². The Bertz CT molecular complexity index is 347. The Balaban J connectivity index is 1.91. The minimum Gasteiger partial charge on any atom is -0.370 e. The number of aromatic nitrogens is 2. The van der Waals surface area contributed by atoms with Crippen molar-refractivity contribution in [3.8, 4) is 0 Å². The second kappa shape index (κ2) is 5.82. The fourth-order valence-electron chi connectivity index (χ4n) is 1.83. The second-order valence-corrected chi connectivity index (χ2v) is 4.90. The Morgan fingerprint density at radius 3 is 2.94 bits per heavy atom. The fraction of sp³-hybridized carbons (Fsp3) is 0.667. The highest BCUT2D eigenvalue weighted by molar-refractivity contribution is 5.47.